The number of carbonyl (C=O) groups is 1. The van der Waals surface area contributed by atoms with Crippen LogP contribution in [0.2, 0.25) is 10.0 Å². The number of rotatable bonds is 6. The lowest BCUT2D eigenvalue weighted by molar-refractivity contribution is 0.0946. The van der Waals surface area contributed by atoms with Crippen LogP contribution in [-0.2, 0) is 6.54 Å². The lowest BCUT2D eigenvalue weighted by Crippen LogP contribution is -2.23. The Morgan fingerprint density at radius 1 is 1.00 bits per heavy atom. The van der Waals surface area contributed by atoms with Crippen molar-refractivity contribution in [3.63, 3.8) is 0 Å². The predicted molar refractivity (Wildman–Crippen MR) is 119 cm³/mol. The van der Waals surface area contributed by atoms with Crippen LogP contribution in [0.4, 0.5) is 4.39 Å². The van der Waals surface area contributed by atoms with E-state index in [0.717, 1.165) is 17.1 Å². The van der Waals surface area contributed by atoms with Gasteiger partial charge in [0.25, 0.3) is 5.91 Å². The summed E-state index contributed by atoms with van der Waals surface area (Å²) in [5, 5.41) is 7.71. The van der Waals surface area contributed by atoms with Gasteiger partial charge in [-0.1, -0.05) is 45.9 Å². The second-order valence-corrected chi connectivity index (χ2v) is 8.06. The lowest BCUT2D eigenvalue weighted by atomic mass is 10.1. The van der Waals surface area contributed by atoms with Gasteiger partial charge in [-0.25, -0.2) is 4.39 Å². The molecular weight excluding hydrogens is 460 g/mol. The molecule has 1 amide bonds. The largest absolute Gasteiger partial charge is 0.457 e. The van der Waals surface area contributed by atoms with E-state index < -0.39 is 0 Å². The standard InChI is InChI=1S/C22H14Cl2FN3O2S/c23-14-3-10-18(19(24)11-14)21-20(27-28-31-21)22(29)26-12-13-1-6-16(7-2-13)30-17-8-4-15(25)5-9-17/h1-11H,12H2,(H,26,29). The van der Waals surface area contributed by atoms with Gasteiger partial charge in [0.15, 0.2) is 5.69 Å². The number of halogens is 3. The molecule has 156 valence electrons. The van der Waals surface area contributed by atoms with Gasteiger partial charge in [-0.05, 0) is 65.6 Å². The first-order chi connectivity index (χ1) is 15.0. The summed E-state index contributed by atoms with van der Waals surface area (Å²) < 4.78 is 22.5. The number of hydrogen-bond donors (Lipinski definition) is 1. The van der Waals surface area contributed by atoms with Gasteiger partial charge in [-0.2, -0.15) is 0 Å². The van der Waals surface area contributed by atoms with E-state index in [2.05, 4.69) is 14.9 Å². The summed E-state index contributed by atoms with van der Waals surface area (Å²) in [7, 11) is 0. The quantitative estimate of drug-likeness (QED) is 0.353. The number of carbonyl (C=O) groups excluding carboxylic acids is 1. The maximum absolute atomic E-state index is 13.0. The van der Waals surface area contributed by atoms with Crippen LogP contribution in [0.1, 0.15) is 16.1 Å². The molecular formula is C22H14Cl2FN3O2S. The average Bonchev–Trinajstić information content (AvgIpc) is 3.24. The smallest absolute Gasteiger partial charge is 0.273 e. The molecule has 1 heterocycles. The summed E-state index contributed by atoms with van der Waals surface area (Å²) in [5.41, 5.74) is 1.72. The molecule has 0 aliphatic carbocycles. The summed E-state index contributed by atoms with van der Waals surface area (Å²) >= 11 is 13.3. The number of amides is 1. The molecule has 0 saturated heterocycles. The molecule has 9 heteroatoms. The van der Waals surface area contributed by atoms with Gasteiger partial charge in [0.2, 0.25) is 0 Å². The molecule has 1 aromatic heterocycles. The highest BCUT2D eigenvalue weighted by Gasteiger charge is 2.19. The molecule has 0 radical (unpaired) electrons. The third-order valence-electron chi connectivity index (χ3n) is 4.30. The molecule has 0 unspecified atom stereocenters. The zero-order valence-corrected chi connectivity index (χ0v) is 18.1. The van der Waals surface area contributed by atoms with E-state index >= 15 is 0 Å². The van der Waals surface area contributed by atoms with Gasteiger partial charge < -0.3 is 10.1 Å². The van der Waals surface area contributed by atoms with Crippen molar-refractivity contribution in [3.8, 4) is 21.9 Å². The monoisotopic (exact) mass is 473 g/mol. The summed E-state index contributed by atoms with van der Waals surface area (Å²) in [5.74, 6) is 0.452. The van der Waals surface area contributed by atoms with Crippen LogP contribution in [-0.4, -0.2) is 15.5 Å². The second kappa shape index (κ2) is 9.43. The molecule has 4 aromatic rings. The van der Waals surface area contributed by atoms with Crippen molar-refractivity contribution in [2.24, 2.45) is 0 Å². The van der Waals surface area contributed by atoms with Crippen LogP contribution in [0.3, 0.4) is 0 Å². The maximum atomic E-state index is 13.0. The van der Waals surface area contributed by atoms with Crippen molar-refractivity contribution in [2.45, 2.75) is 6.54 Å². The van der Waals surface area contributed by atoms with E-state index in [0.29, 0.717) is 38.5 Å². The van der Waals surface area contributed by atoms with Crippen LogP contribution < -0.4 is 10.1 Å². The van der Waals surface area contributed by atoms with Crippen molar-refractivity contribution < 1.29 is 13.9 Å². The Morgan fingerprint density at radius 3 is 2.35 bits per heavy atom. The molecule has 4 rings (SSSR count). The van der Waals surface area contributed by atoms with Crippen LogP contribution in [0.5, 0.6) is 11.5 Å². The van der Waals surface area contributed by atoms with Gasteiger partial charge in [0, 0.05) is 17.1 Å². The second-order valence-electron chi connectivity index (χ2n) is 6.46. The highest BCUT2D eigenvalue weighted by molar-refractivity contribution is 7.09. The van der Waals surface area contributed by atoms with E-state index in [4.69, 9.17) is 27.9 Å². The molecule has 0 saturated carbocycles. The SMILES string of the molecule is O=C(NCc1ccc(Oc2ccc(F)cc2)cc1)c1nnsc1-c1ccc(Cl)cc1Cl. The first-order valence-corrected chi connectivity index (χ1v) is 10.6. The lowest BCUT2D eigenvalue weighted by Gasteiger charge is -2.08. The normalized spacial score (nSPS) is 10.7. The van der Waals surface area contributed by atoms with E-state index in [1.807, 2.05) is 12.1 Å². The Bertz CT molecular complexity index is 1210. The Balaban J connectivity index is 1.40. The van der Waals surface area contributed by atoms with E-state index in [1.165, 1.54) is 12.1 Å². The third kappa shape index (κ3) is 5.19. The number of ether oxygens (including phenoxy) is 1. The average molecular weight is 474 g/mol. The van der Waals surface area contributed by atoms with E-state index in [9.17, 15) is 9.18 Å². The molecule has 0 bridgehead atoms. The van der Waals surface area contributed by atoms with Gasteiger partial charge in [0.1, 0.15) is 17.3 Å². The molecule has 5 nitrogen and oxygen atoms in total. The van der Waals surface area contributed by atoms with E-state index in [-0.39, 0.29) is 17.4 Å². The highest BCUT2D eigenvalue weighted by atomic mass is 35.5. The Hall–Kier alpha value is -3.00. The van der Waals surface area contributed by atoms with E-state index in [1.54, 1.807) is 42.5 Å². The van der Waals surface area contributed by atoms with Crippen molar-refractivity contribution in [2.75, 3.05) is 0 Å². The zero-order valence-electron chi connectivity index (χ0n) is 15.8. The maximum Gasteiger partial charge on any atom is 0.273 e. The fourth-order valence-corrected chi connectivity index (χ4v) is 4.03. The minimum absolute atomic E-state index is 0.200. The Labute approximate surface area is 191 Å². The van der Waals surface area contributed by atoms with Gasteiger partial charge >= 0.3 is 0 Å². The molecule has 0 spiro atoms. The first kappa shape index (κ1) is 21.2. The van der Waals surface area contributed by atoms with Gasteiger partial charge in [0.05, 0.1) is 9.90 Å². The van der Waals surface area contributed by atoms with Crippen LogP contribution in [0.15, 0.2) is 66.7 Å². The van der Waals surface area contributed by atoms with Crippen molar-refractivity contribution in [1.82, 2.24) is 14.9 Å². The number of benzene rings is 3. The summed E-state index contributed by atoms with van der Waals surface area (Å²) in [6, 6.07) is 18.0. The van der Waals surface area contributed by atoms with Crippen LogP contribution in [0, 0.1) is 5.82 Å². The molecule has 1 N–H and O–H groups in total. The topological polar surface area (TPSA) is 64.1 Å². The Morgan fingerprint density at radius 2 is 1.68 bits per heavy atom. The number of hydrogen-bond acceptors (Lipinski definition) is 5. The zero-order chi connectivity index (χ0) is 21.8. The molecule has 0 aliphatic heterocycles. The minimum Gasteiger partial charge on any atom is -0.457 e. The van der Waals surface area contributed by atoms with Crippen molar-refractivity contribution in [1.29, 1.82) is 0 Å². The highest BCUT2D eigenvalue weighted by Crippen LogP contribution is 2.34. The predicted octanol–water partition coefficient (Wildman–Crippen LogP) is 6.37. The number of aromatic nitrogens is 2. The Kier molecular flexibility index (Phi) is 6.46. The molecule has 3 aromatic carbocycles. The molecule has 31 heavy (non-hydrogen) atoms. The summed E-state index contributed by atoms with van der Waals surface area (Å²) in [6.45, 7) is 0.293. The molecule has 0 fully saturated rings. The first-order valence-electron chi connectivity index (χ1n) is 9.08. The molecule has 0 atom stereocenters. The van der Waals surface area contributed by atoms with Gasteiger partial charge in [-0.3, -0.25) is 4.79 Å². The number of nitrogens with one attached hydrogen (secondary N) is 1. The summed E-state index contributed by atoms with van der Waals surface area (Å²) in [4.78, 5) is 13.2. The van der Waals surface area contributed by atoms with Crippen molar-refractivity contribution in [3.05, 3.63) is 93.8 Å². The fourth-order valence-electron chi connectivity index (χ4n) is 2.77. The van der Waals surface area contributed by atoms with Crippen LogP contribution in [0.25, 0.3) is 10.4 Å². The van der Waals surface area contributed by atoms with Crippen molar-refractivity contribution >= 4 is 40.6 Å². The number of nitrogens with zero attached hydrogens (tertiary/aromatic N) is 2. The fraction of sp³-hybridized carbons (Fsp3) is 0.0455. The minimum atomic E-state index is -0.360. The molecule has 0 aliphatic rings. The third-order valence-corrected chi connectivity index (χ3v) is 5.61. The van der Waals surface area contributed by atoms with Crippen LogP contribution >= 0.6 is 34.7 Å². The van der Waals surface area contributed by atoms with Gasteiger partial charge in [-0.15, -0.1) is 5.10 Å². The summed E-state index contributed by atoms with van der Waals surface area (Å²) in [6.07, 6.45) is 0.